The average Bonchev–Trinajstić information content (AvgIpc) is 2.28. The molecule has 0 atom stereocenters. The van der Waals surface area contributed by atoms with Crippen LogP contribution in [0.4, 0.5) is 0 Å². The molecule has 0 bridgehead atoms. The van der Waals surface area contributed by atoms with Crippen LogP contribution in [0.3, 0.4) is 0 Å². The van der Waals surface area contributed by atoms with Gasteiger partial charge in [-0.3, -0.25) is 4.79 Å². The molecule has 0 fully saturated rings. The molecule has 4 heteroatoms. The molecule has 0 aliphatic heterocycles. The van der Waals surface area contributed by atoms with Gasteiger partial charge in [0.05, 0.1) is 5.41 Å². The van der Waals surface area contributed by atoms with Crippen LogP contribution < -0.4 is 0 Å². The second-order valence-corrected chi connectivity index (χ2v) is 4.86. The lowest BCUT2D eigenvalue weighted by atomic mass is 9.97. The number of carboxylic acid groups (broad SMARTS) is 1. The van der Waals surface area contributed by atoms with E-state index >= 15 is 0 Å². The number of esters is 1. The maximum atomic E-state index is 11.6. The predicted molar refractivity (Wildman–Crippen MR) is 67.6 cm³/mol. The molecule has 0 aromatic heterocycles. The van der Waals surface area contributed by atoms with Gasteiger partial charge in [-0.15, -0.1) is 0 Å². The number of carboxylic acids is 1. The van der Waals surface area contributed by atoms with Gasteiger partial charge < -0.3 is 9.84 Å². The highest BCUT2D eigenvalue weighted by Gasteiger charge is 2.26. The summed E-state index contributed by atoms with van der Waals surface area (Å²) in [5.41, 5.74) is -0.0813. The molecule has 0 aliphatic carbocycles. The molecule has 96 valence electrons. The van der Waals surface area contributed by atoms with Gasteiger partial charge in [-0.05, 0) is 32.4 Å². The van der Waals surface area contributed by atoms with Crippen molar-refractivity contribution in [3.05, 3.63) is 41.7 Å². The van der Waals surface area contributed by atoms with E-state index in [0.717, 1.165) is 0 Å². The molecule has 1 N–H and O–H groups in total. The molecular weight excluding hydrogens is 232 g/mol. The fraction of sp³-hybridized carbons (Fsp3) is 0.286. The number of ether oxygens (including phenoxy) is 1. The summed E-state index contributed by atoms with van der Waals surface area (Å²) in [5, 5.41) is 9.00. The Bertz CT molecular complexity index is 466. The van der Waals surface area contributed by atoms with E-state index in [9.17, 15) is 9.59 Å². The Morgan fingerprint density at radius 3 is 2.17 bits per heavy atom. The van der Waals surface area contributed by atoms with Crippen molar-refractivity contribution in [2.24, 2.45) is 5.41 Å². The fourth-order valence-corrected chi connectivity index (χ4v) is 1.09. The number of carbonyl (C=O) groups excluding carboxylic acids is 1. The number of aliphatic carboxylic acids is 1. The Balaban J connectivity index is 2.95. The zero-order chi connectivity index (χ0) is 13.8. The molecule has 0 amide bonds. The summed E-state index contributed by atoms with van der Waals surface area (Å²) >= 11 is 0. The molecule has 0 unspecified atom stereocenters. The Morgan fingerprint density at radius 2 is 1.72 bits per heavy atom. The van der Waals surface area contributed by atoms with E-state index in [-0.39, 0.29) is 5.76 Å². The minimum absolute atomic E-state index is 0.374. The highest BCUT2D eigenvalue weighted by atomic mass is 16.6. The van der Waals surface area contributed by atoms with Gasteiger partial charge in [-0.2, -0.15) is 0 Å². The summed E-state index contributed by atoms with van der Waals surface area (Å²) in [6, 6.07) is 8.83. The standard InChI is InChI=1S/C14H16O4/c1-14(2,3)13(17)18-11(12(15)16)9-10-7-5-4-6-8-10/h4-9H,1-3H3,(H,15,16). The van der Waals surface area contributed by atoms with Crippen LogP contribution in [0.2, 0.25) is 0 Å². The van der Waals surface area contributed by atoms with Crippen molar-refractivity contribution in [2.75, 3.05) is 0 Å². The van der Waals surface area contributed by atoms with Crippen LogP contribution in [0.1, 0.15) is 26.3 Å². The van der Waals surface area contributed by atoms with Crippen LogP contribution in [0.5, 0.6) is 0 Å². The fourth-order valence-electron chi connectivity index (χ4n) is 1.09. The molecule has 1 aromatic carbocycles. The number of hydrogen-bond donors (Lipinski definition) is 1. The summed E-state index contributed by atoms with van der Waals surface area (Å²) in [7, 11) is 0. The van der Waals surface area contributed by atoms with Gasteiger partial charge in [0.15, 0.2) is 0 Å². The summed E-state index contributed by atoms with van der Waals surface area (Å²) in [6.45, 7) is 4.99. The molecule has 0 aliphatic rings. The van der Waals surface area contributed by atoms with Gasteiger partial charge in [0.25, 0.3) is 0 Å². The first-order valence-corrected chi connectivity index (χ1v) is 5.53. The van der Waals surface area contributed by atoms with Crippen LogP contribution in [0, 0.1) is 5.41 Å². The third-order valence-electron chi connectivity index (χ3n) is 2.12. The maximum absolute atomic E-state index is 11.6. The monoisotopic (exact) mass is 248 g/mol. The highest BCUT2D eigenvalue weighted by Crippen LogP contribution is 2.18. The summed E-state index contributed by atoms with van der Waals surface area (Å²) in [4.78, 5) is 22.7. The second kappa shape index (κ2) is 5.49. The summed E-state index contributed by atoms with van der Waals surface area (Å²) < 4.78 is 4.90. The first kappa shape index (κ1) is 14.0. The van der Waals surface area contributed by atoms with Crippen LogP contribution in [0.25, 0.3) is 6.08 Å². The largest absolute Gasteiger partial charge is 0.475 e. The van der Waals surface area contributed by atoms with Crippen molar-refractivity contribution in [3.8, 4) is 0 Å². The zero-order valence-corrected chi connectivity index (χ0v) is 10.6. The second-order valence-electron chi connectivity index (χ2n) is 4.86. The van der Waals surface area contributed by atoms with E-state index in [1.165, 1.54) is 6.08 Å². The number of hydrogen-bond acceptors (Lipinski definition) is 3. The quantitative estimate of drug-likeness (QED) is 0.507. The number of benzene rings is 1. The van der Waals surface area contributed by atoms with Crippen molar-refractivity contribution < 1.29 is 19.4 Å². The van der Waals surface area contributed by atoms with E-state index < -0.39 is 17.4 Å². The van der Waals surface area contributed by atoms with E-state index in [0.29, 0.717) is 5.56 Å². The van der Waals surface area contributed by atoms with Crippen molar-refractivity contribution in [1.29, 1.82) is 0 Å². The third-order valence-corrected chi connectivity index (χ3v) is 2.12. The molecular formula is C14H16O4. The maximum Gasteiger partial charge on any atom is 0.371 e. The molecule has 18 heavy (non-hydrogen) atoms. The molecule has 1 rings (SSSR count). The highest BCUT2D eigenvalue weighted by molar-refractivity contribution is 5.93. The Kier molecular flexibility index (Phi) is 4.26. The van der Waals surface area contributed by atoms with E-state index in [1.54, 1.807) is 45.0 Å². The Hall–Kier alpha value is -2.10. The molecule has 0 spiro atoms. The SMILES string of the molecule is CC(C)(C)C(=O)OC(=Cc1ccccc1)C(=O)O. The normalized spacial score (nSPS) is 12.1. The van der Waals surface area contributed by atoms with E-state index in [4.69, 9.17) is 9.84 Å². The van der Waals surface area contributed by atoms with Gasteiger partial charge in [0.2, 0.25) is 5.76 Å². The third kappa shape index (κ3) is 4.05. The lowest BCUT2D eigenvalue weighted by molar-refractivity contribution is -0.154. The van der Waals surface area contributed by atoms with Gasteiger partial charge in [-0.25, -0.2) is 4.79 Å². The first-order chi connectivity index (χ1) is 8.30. The summed E-state index contributed by atoms with van der Waals surface area (Å²) in [5.74, 6) is -2.22. The molecule has 0 saturated carbocycles. The minimum Gasteiger partial charge on any atom is -0.475 e. The Labute approximate surface area is 106 Å². The topological polar surface area (TPSA) is 63.6 Å². The van der Waals surface area contributed by atoms with Gasteiger partial charge in [0.1, 0.15) is 0 Å². The number of carbonyl (C=O) groups is 2. The lowest BCUT2D eigenvalue weighted by Crippen LogP contribution is -2.24. The van der Waals surface area contributed by atoms with Crippen LogP contribution in [-0.4, -0.2) is 17.0 Å². The minimum atomic E-state index is -1.27. The van der Waals surface area contributed by atoms with Crippen molar-refractivity contribution in [2.45, 2.75) is 20.8 Å². The van der Waals surface area contributed by atoms with Crippen molar-refractivity contribution in [1.82, 2.24) is 0 Å². The van der Waals surface area contributed by atoms with Crippen LogP contribution in [-0.2, 0) is 14.3 Å². The Morgan fingerprint density at radius 1 is 1.17 bits per heavy atom. The molecule has 0 radical (unpaired) electrons. The van der Waals surface area contributed by atoms with E-state index in [1.807, 2.05) is 6.07 Å². The zero-order valence-electron chi connectivity index (χ0n) is 10.6. The summed E-state index contributed by atoms with van der Waals surface area (Å²) in [6.07, 6.45) is 1.33. The van der Waals surface area contributed by atoms with Gasteiger partial charge in [-0.1, -0.05) is 30.3 Å². The number of rotatable bonds is 3. The van der Waals surface area contributed by atoms with Crippen molar-refractivity contribution >= 4 is 18.0 Å². The molecule has 1 aromatic rings. The molecule has 0 saturated heterocycles. The average molecular weight is 248 g/mol. The van der Waals surface area contributed by atoms with E-state index in [2.05, 4.69) is 0 Å². The van der Waals surface area contributed by atoms with Crippen LogP contribution in [0.15, 0.2) is 36.1 Å². The smallest absolute Gasteiger partial charge is 0.371 e. The first-order valence-electron chi connectivity index (χ1n) is 5.53. The van der Waals surface area contributed by atoms with Gasteiger partial charge >= 0.3 is 11.9 Å². The van der Waals surface area contributed by atoms with Crippen molar-refractivity contribution in [3.63, 3.8) is 0 Å². The molecule has 0 heterocycles. The van der Waals surface area contributed by atoms with Gasteiger partial charge in [0, 0.05) is 0 Å². The molecule has 4 nitrogen and oxygen atoms in total. The van der Waals surface area contributed by atoms with Crippen LogP contribution >= 0.6 is 0 Å². The predicted octanol–water partition coefficient (Wildman–Crippen LogP) is 2.70. The lowest BCUT2D eigenvalue weighted by Gasteiger charge is -2.16.